The molecule has 3 rings (SSSR count). The Morgan fingerprint density at radius 1 is 1.35 bits per heavy atom. The van der Waals surface area contributed by atoms with E-state index in [1.165, 1.54) is 0 Å². The van der Waals surface area contributed by atoms with E-state index in [0.717, 1.165) is 5.56 Å². The van der Waals surface area contributed by atoms with E-state index in [1.807, 2.05) is 6.07 Å². The van der Waals surface area contributed by atoms with E-state index in [0.29, 0.717) is 24.5 Å². The molecule has 2 aliphatic heterocycles. The Balaban J connectivity index is 1.69. The first kappa shape index (κ1) is 15.6. The average Bonchev–Trinajstić information content (AvgIpc) is 3.12. The van der Waals surface area contributed by atoms with Crippen LogP contribution in [0.1, 0.15) is 18.4 Å². The lowest BCUT2D eigenvalue weighted by molar-refractivity contribution is -0.139. The third-order valence-corrected chi connectivity index (χ3v) is 4.23. The van der Waals surface area contributed by atoms with Crippen LogP contribution in [0.5, 0.6) is 11.5 Å². The molecule has 7 heteroatoms. The Kier molecular flexibility index (Phi) is 4.38. The summed E-state index contributed by atoms with van der Waals surface area (Å²) in [5.41, 5.74) is 0.814. The van der Waals surface area contributed by atoms with Crippen molar-refractivity contribution in [2.24, 2.45) is 0 Å². The van der Waals surface area contributed by atoms with Crippen LogP contribution in [0.15, 0.2) is 18.2 Å². The zero-order valence-corrected chi connectivity index (χ0v) is 12.9. The van der Waals surface area contributed by atoms with Gasteiger partial charge < -0.3 is 24.2 Å². The minimum absolute atomic E-state index is 0.0628. The molecule has 124 valence electrons. The van der Waals surface area contributed by atoms with Crippen molar-refractivity contribution >= 4 is 11.9 Å². The van der Waals surface area contributed by atoms with Gasteiger partial charge in [0.2, 0.25) is 12.7 Å². The Hall–Kier alpha value is -2.28. The maximum atomic E-state index is 12.6. The van der Waals surface area contributed by atoms with Crippen molar-refractivity contribution < 1.29 is 28.9 Å². The molecule has 2 heterocycles. The number of hydrogen-bond donors (Lipinski definition) is 1. The molecule has 2 atom stereocenters. The minimum Gasteiger partial charge on any atom is -0.481 e. The molecule has 1 fully saturated rings. The number of carboxylic acid groups (broad SMARTS) is 1. The smallest absolute Gasteiger partial charge is 0.305 e. The molecular formula is C16H19NO6. The largest absolute Gasteiger partial charge is 0.481 e. The van der Waals surface area contributed by atoms with Gasteiger partial charge in [0.25, 0.3) is 0 Å². The lowest BCUT2D eigenvalue weighted by atomic mass is 10.1. The Bertz CT molecular complexity index is 617. The molecule has 2 unspecified atom stereocenters. The first-order valence-corrected chi connectivity index (χ1v) is 7.49. The molecule has 7 nitrogen and oxygen atoms in total. The molecule has 0 spiro atoms. The van der Waals surface area contributed by atoms with E-state index >= 15 is 0 Å². The van der Waals surface area contributed by atoms with Crippen molar-refractivity contribution in [3.8, 4) is 11.5 Å². The predicted octanol–water partition coefficient (Wildman–Crippen LogP) is 1.05. The molecule has 1 aromatic rings. The monoisotopic (exact) mass is 321 g/mol. The van der Waals surface area contributed by atoms with Crippen molar-refractivity contribution in [2.45, 2.75) is 31.4 Å². The molecule has 1 aromatic carbocycles. The number of likely N-dealkylation sites (tertiary alicyclic amines) is 1. The highest BCUT2D eigenvalue weighted by molar-refractivity contribution is 5.80. The molecule has 1 N–H and O–H groups in total. The zero-order chi connectivity index (χ0) is 16.4. The number of carboxylic acids is 1. The number of rotatable bonds is 5. The highest BCUT2D eigenvalue weighted by Gasteiger charge is 2.36. The number of carbonyl (C=O) groups excluding carboxylic acids is 1. The van der Waals surface area contributed by atoms with Crippen LogP contribution in [0.2, 0.25) is 0 Å². The Morgan fingerprint density at radius 2 is 2.13 bits per heavy atom. The summed E-state index contributed by atoms with van der Waals surface area (Å²) in [6.07, 6.45) is 0.575. The summed E-state index contributed by atoms with van der Waals surface area (Å²) >= 11 is 0. The second-order valence-electron chi connectivity index (χ2n) is 5.76. The number of ether oxygens (including phenoxy) is 3. The van der Waals surface area contributed by atoms with Crippen molar-refractivity contribution in [2.75, 3.05) is 20.4 Å². The minimum atomic E-state index is -0.910. The van der Waals surface area contributed by atoms with Crippen LogP contribution in [0.3, 0.4) is 0 Å². The SMILES string of the molecule is COC1CC(CC(=O)O)N(C(=O)Cc2ccc3c(c2)OCO3)C1. The lowest BCUT2D eigenvalue weighted by Gasteiger charge is -2.23. The van der Waals surface area contributed by atoms with Crippen LogP contribution >= 0.6 is 0 Å². The number of methoxy groups -OCH3 is 1. The zero-order valence-electron chi connectivity index (χ0n) is 12.9. The van der Waals surface area contributed by atoms with Gasteiger partial charge in [-0.2, -0.15) is 0 Å². The van der Waals surface area contributed by atoms with Crippen LogP contribution in [0.25, 0.3) is 0 Å². The van der Waals surface area contributed by atoms with Gasteiger partial charge >= 0.3 is 5.97 Å². The summed E-state index contributed by atoms with van der Waals surface area (Å²) in [5, 5.41) is 9.02. The lowest BCUT2D eigenvalue weighted by Crippen LogP contribution is -2.38. The molecule has 0 bridgehead atoms. The van der Waals surface area contributed by atoms with Gasteiger partial charge in [-0.1, -0.05) is 6.07 Å². The van der Waals surface area contributed by atoms with Crippen LogP contribution < -0.4 is 9.47 Å². The molecule has 0 radical (unpaired) electrons. The maximum Gasteiger partial charge on any atom is 0.305 e. The fraction of sp³-hybridized carbons (Fsp3) is 0.500. The number of hydrogen-bond acceptors (Lipinski definition) is 5. The quantitative estimate of drug-likeness (QED) is 0.872. The number of carbonyl (C=O) groups is 2. The number of benzene rings is 1. The van der Waals surface area contributed by atoms with Crippen molar-refractivity contribution in [1.82, 2.24) is 4.90 Å². The van der Waals surface area contributed by atoms with Gasteiger partial charge in [0.1, 0.15) is 0 Å². The van der Waals surface area contributed by atoms with Crippen molar-refractivity contribution in [3.63, 3.8) is 0 Å². The number of amides is 1. The number of aliphatic carboxylic acids is 1. The fourth-order valence-corrected chi connectivity index (χ4v) is 3.07. The Morgan fingerprint density at radius 3 is 2.87 bits per heavy atom. The third kappa shape index (κ3) is 3.39. The van der Waals surface area contributed by atoms with E-state index in [2.05, 4.69) is 0 Å². The van der Waals surface area contributed by atoms with Crippen LogP contribution in [0, 0.1) is 0 Å². The first-order valence-electron chi connectivity index (χ1n) is 7.49. The van der Waals surface area contributed by atoms with Gasteiger partial charge in [-0.3, -0.25) is 9.59 Å². The molecule has 2 aliphatic rings. The second kappa shape index (κ2) is 6.45. The highest BCUT2D eigenvalue weighted by Crippen LogP contribution is 2.33. The van der Waals surface area contributed by atoms with Gasteiger partial charge in [-0.15, -0.1) is 0 Å². The Labute approximate surface area is 133 Å². The van der Waals surface area contributed by atoms with Gasteiger partial charge in [-0.05, 0) is 24.1 Å². The second-order valence-corrected chi connectivity index (χ2v) is 5.76. The summed E-state index contributed by atoms with van der Waals surface area (Å²) in [4.78, 5) is 25.2. The van der Waals surface area contributed by atoms with E-state index in [9.17, 15) is 9.59 Å². The van der Waals surface area contributed by atoms with Gasteiger partial charge in [0, 0.05) is 19.7 Å². The van der Waals surface area contributed by atoms with Gasteiger partial charge in [0.05, 0.1) is 18.9 Å². The summed E-state index contributed by atoms with van der Waals surface area (Å²) in [7, 11) is 1.58. The van der Waals surface area contributed by atoms with E-state index in [1.54, 1.807) is 24.1 Å². The molecule has 1 amide bonds. The van der Waals surface area contributed by atoms with Crippen LogP contribution in [-0.4, -0.2) is 54.5 Å². The van der Waals surface area contributed by atoms with Gasteiger partial charge in [0.15, 0.2) is 11.5 Å². The predicted molar refractivity (Wildman–Crippen MR) is 79.4 cm³/mol. The van der Waals surface area contributed by atoms with E-state index in [-0.39, 0.29) is 37.7 Å². The number of fused-ring (bicyclic) bond motifs is 1. The molecule has 23 heavy (non-hydrogen) atoms. The van der Waals surface area contributed by atoms with Crippen molar-refractivity contribution in [1.29, 1.82) is 0 Å². The molecule has 0 aromatic heterocycles. The normalized spacial score (nSPS) is 22.4. The summed E-state index contributed by atoms with van der Waals surface area (Å²) in [6, 6.07) is 5.07. The average molecular weight is 321 g/mol. The molecule has 1 saturated heterocycles. The van der Waals surface area contributed by atoms with E-state index in [4.69, 9.17) is 19.3 Å². The molecule has 0 aliphatic carbocycles. The highest BCUT2D eigenvalue weighted by atomic mass is 16.7. The van der Waals surface area contributed by atoms with E-state index < -0.39 is 5.97 Å². The van der Waals surface area contributed by atoms with Crippen LogP contribution in [-0.2, 0) is 20.7 Å². The van der Waals surface area contributed by atoms with Crippen LogP contribution in [0.4, 0.5) is 0 Å². The summed E-state index contributed by atoms with van der Waals surface area (Å²) < 4.78 is 15.8. The fourth-order valence-electron chi connectivity index (χ4n) is 3.07. The molecule has 0 saturated carbocycles. The summed E-state index contributed by atoms with van der Waals surface area (Å²) in [6.45, 7) is 0.618. The standard InChI is InChI=1S/C16H19NO6/c1-21-12-6-11(7-16(19)20)17(8-12)15(18)5-10-2-3-13-14(4-10)23-9-22-13/h2-4,11-12H,5-9H2,1H3,(H,19,20). The topological polar surface area (TPSA) is 85.3 Å². The number of nitrogens with zero attached hydrogens (tertiary/aromatic N) is 1. The maximum absolute atomic E-state index is 12.6. The van der Waals surface area contributed by atoms with Crippen molar-refractivity contribution in [3.05, 3.63) is 23.8 Å². The van der Waals surface area contributed by atoms with Gasteiger partial charge in [-0.25, -0.2) is 0 Å². The molecular weight excluding hydrogens is 302 g/mol. The first-order chi connectivity index (χ1) is 11.1. The third-order valence-electron chi connectivity index (χ3n) is 4.23. The summed E-state index contributed by atoms with van der Waals surface area (Å²) in [5.74, 6) is 0.293.